The molecule has 0 fully saturated rings. The molecule has 0 bridgehead atoms. The van der Waals surface area contributed by atoms with E-state index in [1.54, 1.807) is 12.1 Å². The minimum absolute atomic E-state index is 0.0753. The highest BCUT2D eigenvalue weighted by Gasteiger charge is 2.32. The number of anilines is 1. The summed E-state index contributed by atoms with van der Waals surface area (Å²) < 4.78 is 57.3. The van der Waals surface area contributed by atoms with E-state index in [2.05, 4.69) is 4.98 Å². The van der Waals surface area contributed by atoms with Crippen LogP contribution in [0.15, 0.2) is 66.9 Å². The highest BCUT2D eigenvalue weighted by Crippen LogP contribution is 2.29. The van der Waals surface area contributed by atoms with Crippen molar-refractivity contribution in [2.75, 3.05) is 11.4 Å². The molecule has 2 aromatic carbocycles. The Balaban J connectivity index is 1.93. The number of carbonyl (C=O) groups excluding carboxylic acids is 2. The predicted octanol–water partition coefficient (Wildman–Crippen LogP) is 6.24. The third-order valence-corrected chi connectivity index (χ3v) is 5.56. The average molecular weight is 503 g/mol. The molecule has 0 saturated carbocycles. The summed E-state index contributed by atoms with van der Waals surface area (Å²) in [6.07, 6.45) is -4.57. The van der Waals surface area contributed by atoms with Crippen LogP contribution in [-0.2, 0) is 26.9 Å². The van der Waals surface area contributed by atoms with Gasteiger partial charge in [0.2, 0.25) is 6.10 Å². The van der Waals surface area contributed by atoms with E-state index in [9.17, 15) is 27.2 Å². The number of nitrogens with zero attached hydrogens (tertiary/aromatic N) is 2. The van der Waals surface area contributed by atoms with Gasteiger partial charge in [0.05, 0.1) is 0 Å². The summed E-state index contributed by atoms with van der Waals surface area (Å²) in [7, 11) is 0. The fourth-order valence-corrected chi connectivity index (χ4v) is 3.59. The van der Waals surface area contributed by atoms with Gasteiger partial charge in [0, 0.05) is 30.9 Å². The molecule has 0 saturated heterocycles. The Kier molecular flexibility index (Phi) is 8.45. The average Bonchev–Trinajstić information content (AvgIpc) is 2.83. The van der Waals surface area contributed by atoms with E-state index in [0.29, 0.717) is 11.3 Å². The van der Waals surface area contributed by atoms with Gasteiger partial charge in [-0.05, 0) is 53.8 Å². The lowest BCUT2D eigenvalue weighted by atomic mass is 10.0. The van der Waals surface area contributed by atoms with Gasteiger partial charge in [-0.15, -0.1) is 0 Å². The van der Waals surface area contributed by atoms with Gasteiger partial charge in [-0.3, -0.25) is 14.6 Å². The molecule has 1 amide bonds. The van der Waals surface area contributed by atoms with Gasteiger partial charge in [-0.2, -0.15) is 13.2 Å². The zero-order valence-electron chi connectivity index (χ0n) is 20.1. The van der Waals surface area contributed by atoms with Crippen molar-refractivity contribution in [1.29, 1.82) is 0 Å². The van der Waals surface area contributed by atoms with Crippen molar-refractivity contribution in [3.05, 3.63) is 95.1 Å². The van der Waals surface area contributed by atoms with Crippen molar-refractivity contribution < 1.29 is 31.9 Å². The number of hydrogen-bond donors (Lipinski definition) is 0. The number of ether oxygens (including phenoxy) is 1. The quantitative estimate of drug-likeness (QED) is 0.270. The van der Waals surface area contributed by atoms with Gasteiger partial charge in [-0.1, -0.05) is 44.2 Å². The van der Waals surface area contributed by atoms with E-state index in [1.165, 1.54) is 30.0 Å². The third-order valence-electron chi connectivity index (χ3n) is 5.56. The molecule has 0 radical (unpaired) electrons. The first-order chi connectivity index (χ1) is 17.0. The molecule has 3 rings (SSSR count). The lowest BCUT2D eigenvalue weighted by Gasteiger charge is -2.28. The standard InChI is InChI=1S/C27H26F4N2O3/c1-17(2)20-7-11-23(12-8-20)33(15-14-19-4-13-24(32-16-19)27(29,30)31)26(35)25(36-18(3)34)21-5-9-22(28)10-6-21/h4-13,16-17,25H,14-15H2,1-3H3. The second-order valence-electron chi connectivity index (χ2n) is 8.58. The van der Waals surface area contributed by atoms with Crippen molar-refractivity contribution in [2.45, 2.75) is 45.4 Å². The van der Waals surface area contributed by atoms with Gasteiger partial charge >= 0.3 is 12.1 Å². The number of benzene rings is 2. The molecule has 36 heavy (non-hydrogen) atoms. The normalized spacial score (nSPS) is 12.3. The van der Waals surface area contributed by atoms with Gasteiger partial charge < -0.3 is 9.64 Å². The fourth-order valence-electron chi connectivity index (χ4n) is 3.59. The second-order valence-corrected chi connectivity index (χ2v) is 8.58. The molecule has 0 aliphatic carbocycles. The molecule has 5 nitrogen and oxygen atoms in total. The Hall–Kier alpha value is -3.75. The maximum Gasteiger partial charge on any atom is 0.433 e. The monoisotopic (exact) mass is 502 g/mol. The molecule has 0 spiro atoms. The first-order valence-electron chi connectivity index (χ1n) is 11.3. The number of halogens is 4. The van der Waals surface area contributed by atoms with E-state index < -0.39 is 35.7 Å². The van der Waals surface area contributed by atoms with E-state index in [4.69, 9.17) is 4.74 Å². The van der Waals surface area contributed by atoms with Crippen molar-refractivity contribution in [3.8, 4) is 0 Å². The molecule has 0 N–H and O–H groups in total. The summed E-state index contributed by atoms with van der Waals surface area (Å²) in [6.45, 7) is 5.30. The van der Waals surface area contributed by atoms with Gasteiger partial charge in [0.25, 0.3) is 5.91 Å². The first kappa shape index (κ1) is 26.8. The fraction of sp³-hybridized carbons (Fsp3) is 0.296. The summed E-state index contributed by atoms with van der Waals surface area (Å²) in [5.74, 6) is -1.52. The minimum atomic E-state index is -4.55. The molecule has 1 unspecified atom stereocenters. The summed E-state index contributed by atoms with van der Waals surface area (Å²) in [5.41, 5.74) is 1.34. The highest BCUT2D eigenvalue weighted by molar-refractivity contribution is 5.98. The number of hydrogen-bond acceptors (Lipinski definition) is 4. The smallest absolute Gasteiger partial charge is 0.433 e. The number of amides is 1. The van der Waals surface area contributed by atoms with Crippen LogP contribution < -0.4 is 4.90 Å². The Morgan fingerprint density at radius 3 is 2.06 bits per heavy atom. The molecule has 0 aliphatic rings. The van der Waals surface area contributed by atoms with E-state index in [-0.39, 0.29) is 24.4 Å². The Labute approximate surface area is 206 Å². The number of pyridine rings is 1. The van der Waals surface area contributed by atoms with Crippen molar-refractivity contribution in [1.82, 2.24) is 4.98 Å². The van der Waals surface area contributed by atoms with Crippen molar-refractivity contribution >= 4 is 17.6 Å². The molecule has 190 valence electrons. The van der Waals surface area contributed by atoms with E-state index >= 15 is 0 Å². The van der Waals surface area contributed by atoms with Gasteiger partial charge in [0.1, 0.15) is 11.5 Å². The molecule has 0 aliphatic heterocycles. The largest absolute Gasteiger partial charge is 0.447 e. The summed E-state index contributed by atoms with van der Waals surface area (Å²) in [4.78, 5) is 30.4. The number of alkyl halides is 3. The van der Waals surface area contributed by atoms with E-state index in [1.807, 2.05) is 26.0 Å². The van der Waals surface area contributed by atoms with Crippen LogP contribution in [-0.4, -0.2) is 23.4 Å². The molecule has 1 heterocycles. The zero-order valence-corrected chi connectivity index (χ0v) is 20.1. The first-order valence-corrected chi connectivity index (χ1v) is 11.3. The van der Waals surface area contributed by atoms with Gasteiger partial charge in [-0.25, -0.2) is 4.39 Å². The molecule has 9 heteroatoms. The SMILES string of the molecule is CC(=O)OC(C(=O)N(CCc1ccc(C(F)(F)F)nc1)c1ccc(C(C)C)cc1)c1ccc(F)cc1. The maximum absolute atomic E-state index is 13.7. The van der Waals surface area contributed by atoms with Crippen LogP contribution in [0.5, 0.6) is 0 Å². The number of aromatic nitrogens is 1. The van der Waals surface area contributed by atoms with Crippen molar-refractivity contribution in [3.63, 3.8) is 0 Å². The minimum Gasteiger partial charge on any atom is -0.447 e. The number of carbonyl (C=O) groups is 2. The third kappa shape index (κ3) is 6.90. The number of esters is 1. The van der Waals surface area contributed by atoms with Crippen LogP contribution in [0.2, 0.25) is 0 Å². The molecule has 1 aromatic heterocycles. The van der Waals surface area contributed by atoms with Crippen molar-refractivity contribution in [2.24, 2.45) is 0 Å². The molecular weight excluding hydrogens is 476 g/mol. The van der Waals surface area contributed by atoms with Crippen LogP contribution in [0.25, 0.3) is 0 Å². The summed E-state index contributed by atoms with van der Waals surface area (Å²) in [6, 6.07) is 14.5. The molecule has 1 atom stereocenters. The lowest BCUT2D eigenvalue weighted by molar-refractivity contribution is -0.153. The van der Waals surface area contributed by atoms with E-state index in [0.717, 1.165) is 30.0 Å². The van der Waals surface area contributed by atoms with Crippen LogP contribution >= 0.6 is 0 Å². The summed E-state index contributed by atoms with van der Waals surface area (Å²) >= 11 is 0. The molecular formula is C27H26F4N2O3. The van der Waals surface area contributed by atoms with Crippen LogP contribution in [0.1, 0.15) is 55.2 Å². The van der Waals surface area contributed by atoms with Crippen LogP contribution in [0.3, 0.4) is 0 Å². The zero-order chi connectivity index (χ0) is 26.5. The maximum atomic E-state index is 13.7. The number of rotatable bonds is 8. The summed E-state index contributed by atoms with van der Waals surface area (Å²) in [5, 5.41) is 0. The lowest BCUT2D eigenvalue weighted by Crippen LogP contribution is -2.38. The van der Waals surface area contributed by atoms with Gasteiger partial charge in [0.15, 0.2) is 0 Å². The molecule has 3 aromatic rings. The Morgan fingerprint density at radius 2 is 1.56 bits per heavy atom. The topological polar surface area (TPSA) is 59.5 Å². The Bertz CT molecular complexity index is 1180. The predicted molar refractivity (Wildman–Crippen MR) is 127 cm³/mol. The Morgan fingerprint density at radius 1 is 0.944 bits per heavy atom. The van der Waals surface area contributed by atoms with Crippen LogP contribution in [0, 0.1) is 5.82 Å². The second kappa shape index (κ2) is 11.3. The van der Waals surface area contributed by atoms with Crippen LogP contribution in [0.4, 0.5) is 23.2 Å². The highest BCUT2D eigenvalue weighted by atomic mass is 19.4.